The van der Waals surface area contributed by atoms with Crippen molar-refractivity contribution >= 4 is 17.4 Å². The minimum absolute atomic E-state index is 0.313. The van der Waals surface area contributed by atoms with Gasteiger partial charge < -0.3 is 10.6 Å². The van der Waals surface area contributed by atoms with Crippen LogP contribution in [0.15, 0.2) is 42.6 Å². The molecule has 0 atom stereocenters. The molecule has 1 amide bonds. The number of nitrogens with zero attached hydrogens (tertiary/aromatic N) is 1. The number of aromatic nitrogens is 1. The molecule has 1 heterocycles. The zero-order valence-electron chi connectivity index (χ0n) is 11.2. The van der Waals surface area contributed by atoms with Gasteiger partial charge in [0.05, 0.1) is 11.9 Å². The van der Waals surface area contributed by atoms with E-state index in [4.69, 9.17) is 0 Å². The second kappa shape index (κ2) is 6.65. The van der Waals surface area contributed by atoms with Crippen molar-refractivity contribution in [1.82, 2.24) is 4.98 Å². The van der Waals surface area contributed by atoms with Gasteiger partial charge in [0.1, 0.15) is 11.6 Å². The van der Waals surface area contributed by atoms with Gasteiger partial charge in [-0.3, -0.25) is 4.79 Å². The van der Waals surface area contributed by atoms with Gasteiger partial charge in [-0.2, -0.15) is 0 Å². The van der Waals surface area contributed by atoms with Crippen LogP contribution in [0.5, 0.6) is 0 Å². The number of hydrogen-bond donors (Lipinski definition) is 2. The fraction of sp³-hybridized carbons (Fsp3) is 0.200. The fourth-order valence-corrected chi connectivity index (χ4v) is 1.63. The third-order valence-corrected chi connectivity index (χ3v) is 2.69. The number of rotatable bonds is 5. The van der Waals surface area contributed by atoms with Crippen LogP contribution in [0, 0.1) is 5.82 Å². The van der Waals surface area contributed by atoms with Crippen molar-refractivity contribution in [3.05, 3.63) is 54.0 Å². The molecular weight excluding hydrogens is 257 g/mol. The van der Waals surface area contributed by atoms with Gasteiger partial charge in [-0.25, -0.2) is 9.37 Å². The Balaban J connectivity index is 1.99. The van der Waals surface area contributed by atoms with Gasteiger partial charge in [-0.1, -0.05) is 6.92 Å². The summed E-state index contributed by atoms with van der Waals surface area (Å²) in [4.78, 5) is 16.0. The highest BCUT2D eigenvalue weighted by Crippen LogP contribution is 2.11. The smallest absolute Gasteiger partial charge is 0.256 e. The van der Waals surface area contributed by atoms with E-state index >= 15 is 0 Å². The number of carbonyl (C=O) groups is 1. The molecule has 0 fully saturated rings. The molecular formula is C15H16FN3O. The van der Waals surface area contributed by atoms with Crippen LogP contribution in [0.4, 0.5) is 15.9 Å². The standard InChI is InChI=1S/C15H16FN3O/c1-2-9-17-13-7-8-14(18-10-13)19-15(20)11-3-5-12(16)6-4-11/h3-8,10,17H,2,9H2,1H3,(H,18,19,20). The fourth-order valence-electron chi connectivity index (χ4n) is 1.63. The molecule has 0 aliphatic rings. The Morgan fingerprint density at radius 2 is 1.95 bits per heavy atom. The van der Waals surface area contributed by atoms with E-state index in [1.165, 1.54) is 24.3 Å². The maximum Gasteiger partial charge on any atom is 0.256 e. The van der Waals surface area contributed by atoms with Gasteiger partial charge in [-0.05, 0) is 42.8 Å². The van der Waals surface area contributed by atoms with Crippen molar-refractivity contribution < 1.29 is 9.18 Å². The molecule has 0 saturated carbocycles. The lowest BCUT2D eigenvalue weighted by Gasteiger charge is -2.07. The zero-order chi connectivity index (χ0) is 14.4. The van der Waals surface area contributed by atoms with Gasteiger partial charge in [0.15, 0.2) is 0 Å². The quantitative estimate of drug-likeness (QED) is 0.879. The van der Waals surface area contributed by atoms with Crippen molar-refractivity contribution in [2.24, 2.45) is 0 Å². The molecule has 5 heteroatoms. The van der Waals surface area contributed by atoms with Crippen LogP contribution in [0.1, 0.15) is 23.7 Å². The molecule has 2 N–H and O–H groups in total. The number of anilines is 2. The molecule has 2 aromatic rings. The van der Waals surface area contributed by atoms with E-state index in [2.05, 4.69) is 22.5 Å². The highest BCUT2D eigenvalue weighted by atomic mass is 19.1. The van der Waals surface area contributed by atoms with Crippen LogP contribution >= 0.6 is 0 Å². The van der Waals surface area contributed by atoms with Crippen molar-refractivity contribution in [3.63, 3.8) is 0 Å². The SMILES string of the molecule is CCCNc1ccc(NC(=O)c2ccc(F)cc2)nc1. The number of carbonyl (C=O) groups excluding carboxylic acids is 1. The number of amides is 1. The summed E-state index contributed by atoms with van der Waals surface area (Å²) >= 11 is 0. The van der Waals surface area contributed by atoms with Gasteiger partial charge in [0.25, 0.3) is 5.91 Å². The van der Waals surface area contributed by atoms with Crippen LogP contribution < -0.4 is 10.6 Å². The summed E-state index contributed by atoms with van der Waals surface area (Å²) in [6, 6.07) is 8.94. The molecule has 0 saturated heterocycles. The Labute approximate surface area is 117 Å². The number of nitrogens with one attached hydrogen (secondary N) is 2. The Hall–Kier alpha value is -2.43. The molecule has 20 heavy (non-hydrogen) atoms. The van der Waals surface area contributed by atoms with Gasteiger partial charge >= 0.3 is 0 Å². The lowest BCUT2D eigenvalue weighted by molar-refractivity contribution is 0.102. The summed E-state index contributed by atoms with van der Waals surface area (Å²) in [6.45, 7) is 2.96. The van der Waals surface area contributed by atoms with Crippen molar-refractivity contribution in [2.75, 3.05) is 17.2 Å². The van der Waals surface area contributed by atoms with Crippen LogP contribution in [-0.2, 0) is 0 Å². The highest BCUT2D eigenvalue weighted by molar-refractivity contribution is 6.03. The zero-order valence-corrected chi connectivity index (χ0v) is 11.2. The third kappa shape index (κ3) is 3.78. The number of halogens is 1. The van der Waals surface area contributed by atoms with Crippen molar-refractivity contribution in [2.45, 2.75) is 13.3 Å². The normalized spacial score (nSPS) is 10.1. The van der Waals surface area contributed by atoms with Crippen LogP contribution in [0.3, 0.4) is 0 Å². The van der Waals surface area contributed by atoms with Crippen LogP contribution in [-0.4, -0.2) is 17.4 Å². The third-order valence-electron chi connectivity index (χ3n) is 2.69. The molecule has 1 aromatic carbocycles. The molecule has 2 rings (SSSR count). The second-order valence-electron chi connectivity index (χ2n) is 4.32. The predicted molar refractivity (Wildman–Crippen MR) is 77.4 cm³/mol. The first-order valence-electron chi connectivity index (χ1n) is 6.46. The Morgan fingerprint density at radius 3 is 2.55 bits per heavy atom. The molecule has 104 valence electrons. The number of benzene rings is 1. The highest BCUT2D eigenvalue weighted by Gasteiger charge is 2.06. The van der Waals surface area contributed by atoms with Gasteiger partial charge in [-0.15, -0.1) is 0 Å². The van der Waals surface area contributed by atoms with E-state index in [0.29, 0.717) is 11.4 Å². The monoisotopic (exact) mass is 273 g/mol. The Bertz CT molecular complexity index is 567. The van der Waals surface area contributed by atoms with E-state index in [1.807, 2.05) is 6.07 Å². The maximum absolute atomic E-state index is 12.8. The summed E-state index contributed by atoms with van der Waals surface area (Å²) in [5.74, 6) is -0.223. The molecule has 0 radical (unpaired) electrons. The Morgan fingerprint density at radius 1 is 1.20 bits per heavy atom. The first kappa shape index (κ1) is 14.0. The van der Waals surface area contributed by atoms with E-state index in [0.717, 1.165) is 18.7 Å². The second-order valence-corrected chi connectivity index (χ2v) is 4.32. The topological polar surface area (TPSA) is 54.0 Å². The summed E-state index contributed by atoms with van der Waals surface area (Å²) < 4.78 is 12.8. The molecule has 0 bridgehead atoms. The maximum atomic E-state index is 12.8. The lowest BCUT2D eigenvalue weighted by atomic mass is 10.2. The molecule has 0 aliphatic carbocycles. The van der Waals surface area contributed by atoms with Crippen LogP contribution in [0.25, 0.3) is 0 Å². The van der Waals surface area contributed by atoms with E-state index in [-0.39, 0.29) is 11.7 Å². The van der Waals surface area contributed by atoms with Crippen molar-refractivity contribution in [1.29, 1.82) is 0 Å². The van der Waals surface area contributed by atoms with Gasteiger partial charge in [0, 0.05) is 12.1 Å². The molecule has 1 aromatic heterocycles. The summed E-state index contributed by atoms with van der Waals surface area (Å²) in [7, 11) is 0. The minimum Gasteiger partial charge on any atom is -0.384 e. The minimum atomic E-state index is -0.369. The summed E-state index contributed by atoms with van der Waals surface area (Å²) in [5, 5.41) is 5.86. The van der Waals surface area contributed by atoms with E-state index in [1.54, 1.807) is 12.3 Å². The number of pyridine rings is 1. The average Bonchev–Trinajstić information content (AvgIpc) is 2.47. The first-order valence-corrected chi connectivity index (χ1v) is 6.46. The number of hydrogen-bond acceptors (Lipinski definition) is 3. The molecule has 0 spiro atoms. The first-order chi connectivity index (χ1) is 9.69. The molecule has 0 aliphatic heterocycles. The van der Waals surface area contributed by atoms with E-state index < -0.39 is 0 Å². The van der Waals surface area contributed by atoms with Gasteiger partial charge in [0.2, 0.25) is 0 Å². The van der Waals surface area contributed by atoms with Crippen molar-refractivity contribution in [3.8, 4) is 0 Å². The lowest BCUT2D eigenvalue weighted by Crippen LogP contribution is -2.13. The molecule has 0 unspecified atom stereocenters. The van der Waals surface area contributed by atoms with Crippen LogP contribution in [0.2, 0.25) is 0 Å². The summed E-state index contributed by atoms with van der Waals surface area (Å²) in [5.41, 5.74) is 1.30. The predicted octanol–water partition coefficient (Wildman–Crippen LogP) is 3.29. The largest absolute Gasteiger partial charge is 0.384 e. The average molecular weight is 273 g/mol. The summed E-state index contributed by atoms with van der Waals surface area (Å²) in [6.07, 6.45) is 2.69. The van der Waals surface area contributed by atoms with E-state index in [9.17, 15) is 9.18 Å². The molecule has 4 nitrogen and oxygen atoms in total. The Kier molecular flexibility index (Phi) is 4.65.